The summed E-state index contributed by atoms with van der Waals surface area (Å²) >= 11 is 0. The molecular formula is C60H52N4. The molecule has 0 fully saturated rings. The van der Waals surface area contributed by atoms with Gasteiger partial charge in [-0.25, -0.2) is 0 Å². The van der Waals surface area contributed by atoms with Crippen LogP contribution in [0.15, 0.2) is 188 Å². The first-order valence-corrected chi connectivity index (χ1v) is 23.2. The lowest BCUT2D eigenvalue weighted by Gasteiger charge is -2.39. The van der Waals surface area contributed by atoms with Gasteiger partial charge in [-0.3, -0.25) is 4.98 Å². The maximum Gasteiger partial charge on any atom is 0.0734 e. The van der Waals surface area contributed by atoms with Gasteiger partial charge in [-0.05, 0) is 115 Å². The quantitative estimate of drug-likeness (QED) is 0.140. The van der Waals surface area contributed by atoms with E-state index in [1.807, 2.05) is 18.5 Å². The first kappa shape index (κ1) is 38.5. The third kappa shape index (κ3) is 5.44. The number of rotatable bonds is 8. The molecule has 12 rings (SSSR count). The zero-order chi connectivity index (χ0) is 43.2. The molecule has 0 amide bonds. The molecule has 4 nitrogen and oxygen atoms in total. The number of hydrogen-bond donors (Lipinski definition) is 0. The Morgan fingerprint density at radius 3 is 2.02 bits per heavy atom. The number of fused-ring (bicyclic) bond motifs is 7. The van der Waals surface area contributed by atoms with Gasteiger partial charge < -0.3 is 13.7 Å². The molecule has 4 heterocycles. The van der Waals surface area contributed by atoms with E-state index in [0.29, 0.717) is 0 Å². The van der Waals surface area contributed by atoms with Gasteiger partial charge in [0.2, 0.25) is 0 Å². The molecule has 4 aromatic heterocycles. The SMILES string of the molecule is CCCC(CC)(c1ccc2c(c1)c1ccccc1n2-c1cccc(-c2cccnc2)c1)n1c2ccc3cc2c2c(cccc21)C/C=C\C(C)C3(C)n1c2ccccc2c2ccccc21. The third-order valence-corrected chi connectivity index (χ3v) is 15.1. The van der Waals surface area contributed by atoms with Crippen LogP contribution in [0.5, 0.6) is 0 Å². The van der Waals surface area contributed by atoms with E-state index in [1.165, 1.54) is 82.1 Å². The summed E-state index contributed by atoms with van der Waals surface area (Å²) in [6, 6.07) is 61.8. The van der Waals surface area contributed by atoms with Crippen LogP contribution >= 0.6 is 0 Å². The highest BCUT2D eigenvalue weighted by Crippen LogP contribution is 2.49. The van der Waals surface area contributed by atoms with E-state index in [1.54, 1.807) is 0 Å². The molecule has 3 unspecified atom stereocenters. The van der Waals surface area contributed by atoms with Crippen molar-refractivity contribution in [1.29, 1.82) is 0 Å². The van der Waals surface area contributed by atoms with E-state index in [4.69, 9.17) is 0 Å². The van der Waals surface area contributed by atoms with E-state index in [-0.39, 0.29) is 17.0 Å². The number of hydrogen-bond acceptors (Lipinski definition) is 1. The van der Waals surface area contributed by atoms with Gasteiger partial charge in [-0.15, -0.1) is 0 Å². The number of nitrogens with zero attached hydrogens (tertiary/aromatic N) is 4. The van der Waals surface area contributed by atoms with Crippen LogP contribution in [0.25, 0.3) is 82.2 Å². The Bertz CT molecular complexity index is 3580. The molecule has 7 aromatic carbocycles. The van der Waals surface area contributed by atoms with Crippen LogP contribution in [0.4, 0.5) is 0 Å². The highest BCUT2D eigenvalue weighted by molar-refractivity contribution is 6.12. The Morgan fingerprint density at radius 2 is 1.28 bits per heavy atom. The molecule has 312 valence electrons. The highest BCUT2D eigenvalue weighted by Gasteiger charge is 2.39. The summed E-state index contributed by atoms with van der Waals surface area (Å²) in [7, 11) is 0. The largest absolute Gasteiger partial charge is 0.330 e. The predicted molar refractivity (Wildman–Crippen MR) is 270 cm³/mol. The molecule has 0 N–H and O–H groups in total. The number of benzene rings is 7. The molecule has 0 saturated carbocycles. The molecule has 3 atom stereocenters. The smallest absolute Gasteiger partial charge is 0.0734 e. The van der Waals surface area contributed by atoms with Gasteiger partial charge in [-0.2, -0.15) is 0 Å². The van der Waals surface area contributed by atoms with Crippen molar-refractivity contribution in [3.63, 3.8) is 0 Å². The van der Waals surface area contributed by atoms with Crippen LogP contribution in [-0.2, 0) is 17.5 Å². The van der Waals surface area contributed by atoms with Crippen molar-refractivity contribution in [2.45, 2.75) is 64.5 Å². The van der Waals surface area contributed by atoms with E-state index in [9.17, 15) is 0 Å². The normalized spacial score (nSPS) is 18.0. The number of para-hydroxylation sites is 3. The summed E-state index contributed by atoms with van der Waals surface area (Å²) in [5, 5.41) is 7.88. The summed E-state index contributed by atoms with van der Waals surface area (Å²) in [6.45, 7) is 9.64. The summed E-state index contributed by atoms with van der Waals surface area (Å²) in [5.74, 6) is 0.216. The van der Waals surface area contributed by atoms with Gasteiger partial charge in [0.1, 0.15) is 0 Å². The molecule has 1 aliphatic rings. The molecule has 0 spiro atoms. The minimum absolute atomic E-state index is 0.216. The summed E-state index contributed by atoms with van der Waals surface area (Å²) in [4.78, 5) is 4.42. The van der Waals surface area contributed by atoms with Gasteiger partial charge in [0, 0.05) is 78.4 Å². The fraction of sp³-hybridized carbons (Fsp3) is 0.183. The Balaban J connectivity index is 1.10. The fourth-order valence-corrected chi connectivity index (χ4v) is 11.9. The number of aromatic nitrogens is 4. The maximum absolute atomic E-state index is 4.42. The van der Waals surface area contributed by atoms with Crippen molar-refractivity contribution in [2.75, 3.05) is 0 Å². The molecule has 64 heavy (non-hydrogen) atoms. The topological polar surface area (TPSA) is 27.7 Å². The van der Waals surface area contributed by atoms with Crippen molar-refractivity contribution in [1.82, 2.24) is 18.7 Å². The molecule has 0 radical (unpaired) electrons. The van der Waals surface area contributed by atoms with E-state index < -0.39 is 0 Å². The average Bonchev–Trinajstić information content (AvgIpc) is 3.99. The van der Waals surface area contributed by atoms with Crippen molar-refractivity contribution >= 4 is 65.4 Å². The van der Waals surface area contributed by atoms with Gasteiger partial charge in [0.15, 0.2) is 0 Å². The lowest BCUT2D eigenvalue weighted by atomic mass is 9.78. The van der Waals surface area contributed by atoms with Crippen LogP contribution < -0.4 is 0 Å². The second kappa shape index (κ2) is 14.7. The molecule has 11 aromatic rings. The van der Waals surface area contributed by atoms with Crippen molar-refractivity contribution < 1.29 is 0 Å². The molecule has 0 saturated heterocycles. The number of pyridine rings is 1. The van der Waals surface area contributed by atoms with Gasteiger partial charge >= 0.3 is 0 Å². The Morgan fingerprint density at radius 1 is 0.609 bits per heavy atom. The van der Waals surface area contributed by atoms with Crippen LogP contribution in [0.1, 0.15) is 63.6 Å². The van der Waals surface area contributed by atoms with E-state index in [0.717, 1.165) is 42.5 Å². The van der Waals surface area contributed by atoms with Crippen LogP contribution in [0.3, 0.4) is 0 Å². The fourth-order valence-electron chi connectivity index (χ4n) is 11.9. The van der Waals surface area contributed by atoms with Gasteiger partial charge in [0.05, 0.1) is 27.6 Å². The van der Waals surface area contributed by atoms with Gasteiger partial charge in [0.25, 0.3) is 0 Å². The lowest BCUT2D eigenvalue weighted by Crippen LogP contribution is -2.37. The first-order valence-electron chi connectivity index (χ1n) is 23.2. The number of allylic oxidation sites excluding steroid dienone is 2. The second-order valence-electron chi connectivity index (χ2n) is 18.3. The second-order valence-corrected chi connectivity index (χ2v) is 18.3. The molecule has 2 bridgehead atoms. The lowest BCUT2D eigenvalue weighted by molar-refractivity contribution is 0.326. The maximum atomic E-state index is 4.42. The minimum atomic E-state index is -0.365. The van der Waals surface area contributed by atoms with E-state index in [2.05, 4.69) is 216 Å². The Labute approximate surface area is 374 Å². The van der Waals surface area contributed by atoms with Crippen molar-refractivity contribution in [2.24, 2.45) is 5.92 Å². The molecule has 1 aliphatic carbocycles. The zero-order valence-corrected chi connectivity index (χ0v) is 37.1. The zero-order valence-electron chi connectivity index (χ0n) is 37.1. The predicted octanol–water partition coefficient (Wildman–Crippen LogP) is 15.5. The van der Waals surface area contributed by atoms with Crippen LogP contribution in [0, 0.1) is 5.92 Å². The highest BCUT2D eigenvalue weighted by atomic mass is 15.1. The third-order valence-electron chi connectivity index (χ3n) is 15.1. The summed E-state index contributed by atoms with van der Waals surface area (Å²) in [6.07, 6.45) is 12.6. The minimum Gasteiger partial charge on any atom is -0.330 e. The van der Waals surface area contributed by atoms with Crippen LogP contribution in [0.2, 0.25) is 0 Å². The summed E-state index contributed by atoms with van der Waals surface area (Å²) in [5.41, 5.74) is 14.4. The first-order chi connectivity index (χ1) is 31.4. The molecule has 0 aliphatic heterocycles. The van der Waals surface area contributed by atoms with Crippen LogP contribution in [-0.4, -0.2) is 18.7 Å². The van der Waals surface area contributed by atoms with Gasteiger partial charge in [-0.1, -0.05) is 136 Å². The molecule has 4 heteroatoms. The van der Waals surface area contributed by atoms with E-state index >= 15 is 0 Å². The monoisotopic (exact) mass is 828 g/mol. The average molecular weight is 829 g/mol. The Kier molecular flexibility index (Phi) is 8.85. The Hall–Kier alpha value is -7.17. The van der Waals surface area contributed by atoms with Crippen molar-refractivity contribution in [3.8, 4) is 16.8 Å². The molecular weight excluding hydrogens is 777 g/mol. The van der Waals surface area contributed by atoms with Crippen molar-refractivity contribution in [3.05, 3.63) is 205 Å². The summed E-state index contributed by atoms with van der Waals surface area (Å²) < 4.78 is 7.85. The standard InChI is InChI=1S/C60H52N4/c1-5-34-60(6-2,45-31-32-53-50(38-45)49-25-7-10-26-52(49)62(53)46-22-14-20-42(36-46)43-21-16-35-61-39-43)64-56-33-30-44-37-51(56)58-41(19-15-29-57(58)64)18-13-17-40(3)59(44,4)63-54-27-11-8-23-47(54)48-24-9-12-28-55(48)63/h7-17,19-33,35-40H,5-6,18,34H2,1-4H3/b17-13-.